The number of cyclic esters (lactones) is 1. The molecule has 1 fully saturated rings. The highest BCUT2D eigenvalue weighted by Crippen LogP contribution is 2.43. The summed E-state index contributed by atoms with van der Waals surface area (Å²) in [4.78, 5) is 12.0. The molecule has 0 bridgehead atoms. The summed E-state index contributed by atoms with van der Waals surface area (Å²) < 4.78 is 5.71. The summed E-state index contributed by atoms with van der Waals surface area (Å²) in [7, 11) is 0. The standard InChI is InChI=1S/C18H16Cl2O2/c1-11-9-16(13-3-2-4-15(20)10-13)17(22-18(11)21)12-5-7-14(19)8-6-12/h2-8,10-11,16-17H,9H2,1H3/t11-,16-,17+/m1/s1. The van der Waals surface area contributed by atoms with Gasteiger partial charge >= 0.3 is 5.97 Å². The number of rotatable bonds is 2. The summed E-state index contributed by atoms with van der Waals surface area (Å²) in [6.07, 6.45) is 0.436. The number of hydrogen-bond acceptors (Lipinski definition) is 2. The van der Waals surface area contributed by atoms with E-state index in [1.807, 2.05) is 55.5 Å². The lowest BCUT2D eigenvalue weighted by molar-refractivity contribution is -0.162. The van der Waals surface area contributed by atoms with Crippen LogP contribution in [0.4, 0.5) is 0 Å². The van der Waals surface area contributed by atoms with Crippen molar-refractivity contribution in [3.63, 3.8) is 0 Å². The molecule has 2 nitrogen and oxygen atoms in total. The van der Waals surface area contributed by atoms with E-state index >= 15 is 0 Å². The maximum Gasteiger partial charge on any atom is 0.309 e. The Morgan fingerprint density at radius 3 is 2.41 bits per heavy atom. The number of carbonyl (C=O) groups is 1. The van der Waals surface area contributed by atoms with Gasteiger partial charge in [0.25, 0.3) is 0 Å². The number of hydrogen-bond donors (Lipinski definition) is 0. The van der Waals surface area contributed by atoms with E-state index in [1.165, 1.54) is 0 Å². The second-order valence-corrected chi connectivity index (χ2v) is 6.58. The molecule has 2 aromatic rings. The van der Waals surface area contributed by atoms with E-state index in [0.717, 1.165) is 17.5 Å². The Labute approximate surface area is 140 Å². The van der Waals surface area contributed by atoms with Crippen molar-refractivity contribution in [3.8, 4) is 0 Å². The zero-order chi connectivity index (χ0) is 15.7. The second kappa shape index (κ2) is 6.31. The molecule has 22 heavy (non-hydrogen) atoms. The van der Waals surface area contributed by atoms with Crippen molar-refractivity contribution >= 4 is 29.2 Å². The van der Waals surface area contributed by atoms with E-state index in [2.05, 4.69) is 0 Å². The molecular weight excluding hydrogens is 319 g/mol. The van der Waals surface area contributed by atoms with Gasteiger partial charge in [-0.1, -0.05) is 54.4 Å². The average molecular weight is 335 g/mol. The molecule has 1 saturated heterocycles. The smallest absolute Gasteiger partial charge is 0.309 e. The Hall–Kier alpha value is -1.51. The third-order valence-corrected chi connectivity index (χ3v) is 4.58. The van der Waals surface area contributed by atoms with Crippen molar-refractivity contribution in [3.05, 3.63) is 69.7 Å². The van der Waals surface area contributed by atoms with Gasteiger partial charge in [-0.2, -0.15) is 0 Å². The first-order valence-electron chi connectivity index (χ1n) is 7.26. The first-order chi connectivity index (χ1) is 10.5. The van der Waals surface area contributed by atoms with Gasteiger partial charge < -0.3 is 4.74 Å². The lowest BCUT2D eigenvalue weighted by atomic mass is 9.80. The zero-order valence-corrected chi connectivity index (χ0v) is 13.6. The molecule has 0 aromatic heterocycles. The molecular formula is C18H16Cl2O2. The highest BCUT2D eigenvalue weighted by molar-refractivity contribution is 6.30. The number of esters is 1. The zero-order valence-electron chi connectivity index (χ0n) is 12.1. The monoisotopic (exact) mass is 334 g/mol. The van der Waals surface area contributed by atoms with Crippen LogP contribution in [-0.4, -0.2) is 5.97 Å². The Kier molecular flexibility index (Phi) is 4.42. The summed E-state index contributed by atoms with van der Waals surface area (Å²) in [5, 5.41) is 1.36. The molecule has 1 heterocycles. The molecule has 2 aromatic carbocycles. The largest absolute Gasteiger partial charge is 0.457 e. The Balaban J connectivity index is 1.99. The van der Waals surface area contributed by atoms with Crippen molar-refractivity contribution in [2.24, 2.45) is 5.92 Å². The van der Waals surface area contributed by atoms with E-state index in [-0.39, 0.29) is 23.9 Å². The van der Waals surface area contributed by atoms with E-state index in [0.29, 0.717) is 10.0 Å². The molecule has 3 rings (SSSR count). The van der Waals surface area contributed by atoms with Crippen molar-refractivity contribution in [1.82, 2.24) is 0 Å². The molecule has 3 atom stereocenters. The number of ether oxygens (including phenoxy) is 1. The summed E-state index contributed by atoms with van der Waals surface area (Å²) in [6, 6.07) is 15.2. The van der Waals surface area contributed by atoms with Gasteiger partial charge in [-0.25, -0.2) is 0 Å². The van der Waals surface area contributed by atoms with Crippen LogP contribution in [0.3, 0.4) is 0 Å². The summed E-state index contributed by atoms with van der Waals surface area (Å²) in [5.41, 5.74) is 2.04. The van der Waals surface area contributed by atoms with Crippen LogP contribution in [0.2, 0.25) is 10.0 Å². The predicted octanol–water partition coefficient (Wildman–Crippen LogP) is 5.40. The van der Waals surface area contributed by atoms with Gasteiger partial charge in [-0.05, 0) is 41.8 Å². The molecule has 114 valence electrons. The summed E-state index contributed by atoms with van der Waals surface area (Å²) in [5.74, 6) is -0.182. The van der Waals surface area contributed by atoms with Crippen molar-refractivity contribution in [2.75, 3.05) is 0 Å². The maximum absolute atomic E-state index is 12.0. The molecule has 4 heteroatoms. The maximum atomic E-state index is 12.0. The minimum absolute atomic E-state index is 0.0903. The lowest BCUT2D eigenvalue weighted by Gasteiger charge is -2.35. The number of carbonyl (C=O) groups excluding carboxylic acids is 1. The summed E-state index contributed by atoms with van der Waals surface area (Å²) >= 11 is 12.1. The van der Waals surface area contributed by atoms with Gasteiger partial charge in [-0.3, -0.25) is 4.79 Å². The fourth-order valence-corrected chi connectivity index (χ4v) is 3.25. The molecule has 0 amide bonds. The minimum atomic E-state index is -0.306. The van der Waals surface area contributed by atoms with E-state index in [1.54, 1.807) is 0 Å². The van der Waals surface area contributed by atoms with Crippen LogP contribution in [-0.2, 0) is 9.53 Å². The Bertz CT molecular complexity index is 682. The van der Waals surface area contributed by atoms with Gasteiger partial charge in [0.15, 0.2) is 0 Å². The highest BCUT2D eigenvalue weighted by atomic mass is 35.5. The molecule has 1 aliphatic heterocycles. The van der Waals surface area contributed by atoms with Gasteiger partial charge in [-0.15, -0.1) is 0 Å². The highest BCUT2D eigenvalue weighted by Gasteiger charge is 2.37. The molecule has 0 radical (unpaired) electrons. The molecule has 0 saturated carbocycles. The van der Waals surface area contributed by atoms with E-state index < -0.39 is 0 Å². The van der Waals surface area contributed by atoms with Gasteiger partial charge in [0.1, 0.15) is 6.10 Å². The van der Waals surface area contributed by atoms with Crippen LogP contribution < -0.4 is 0 Å². The molecule has 1 aliphatic rings. The van der Waals surface area contributed by atoms with Crippen molar-refractivity contribution in [1.29, 1.82) is 0 Å². The quantitative estimate of drug-likeness (QED) is 0.687. The minimum Gasteiger partial charge on any atom is -0.457 e. The summed E-state index contributed by atoms with van der Waals surface area (Å²) in [6.45, 7) is 1.90. The lowest BCUT2D eigenvalue weighted by Crippen LogP contribution is -2.30. The fraction of sp³-hybridized carbons (Fsp3) is 0.278. The van der Waals surface area contributed by atoms with Crippen molar-refractivity contribution < 1.29 is 9.53 Å². The molecule has 0 aliphatic carbocycles. The van der Waals surface area contributed by atoms with Crippen LogP contribution in [0.15, 0.2) is 48.5 Å². The number of halogens is 2. The predicted molar refractivity (Wildman–Crippen MR) is 88.3 cm³/mol. The van der Waals surface area contributed by atoms with E-state index in [4.69, 9.17) is 27.9 Å². The Morgan fingerprint density at radius 1 is 1.00 bits per heavy atom. The SMILES string of the molecule is C[C@@H]1C[C@H](c2cccc(Cl)c2)[C@H](c2ccc(Cl)cc2)OC1=O. The second-order valence-electron chi connectivity index (χ2n) is 5.71. The van der Waals surface area contributed by atoms with Crippen LogP contribution in [0, 0.1) is 5.92 Å². The Morgan fingerprint density at radius 2 is 1.73 bits per heavy atom. The van der Waals surface area contributed by atoms with Gasteiger partial charge in [0.05, 0.1) is 5.92 Å². The first kappa shape index (κ1) is 15.4. The van der Waals surface area contributed by atoms with Gasteiger partial charge in [0.2, 0.25) is 0 Å². The number of benzene rings is 2. The topological polar surface area (TPSA) is 26.3 Å². The average Bonchev–Trinajstić information content (AvgIpc) is 2.50. The molecule has 0 unspecified atom stereocenters. The van der Waals surface area contributed by atoms with Crippen LogP contribution in [0.5, 0.6) is 0 Å². The van der Waals surface area contributed by atoms with Crippen LogP contribution >= 0.6 is 23.2 Å². The van der Waals surface area contributed by atoms with Gasteiger partial charge in [0, 0.05) is 16.0 Å². The van der Waals surface area contributed by atoms with E-state index in [9.17, 15) is 4.79 Å². The third kappa shape index (κ3) is 3.13. The third-order valence-electron chi connectivity index (χ3n) is 4.09. The molecule has 0 spiro atoms. The molecule has 0 N–H and O–H groups in total. The fourth-order valence-electron chi connectivity index (χ4n) is 2.93. The first-order valence-corrected chi connectivity index (χ1v) is 8.01. The van der Waals surface area contributed by atoms with Crippen molar-refractivity contribution in [2.45, 2.75) is 25.4 Å². The van der Waals surface area contributed by atoms with Crippen LogP contribution in [0.25, 0.3) is 0 Å². The van der Waals surface area contributed by atoms with Crippen LogP contribution in [0.1, 0.15) is 36.5 Å². The normalized spacial score (nSPS) is 24.9.